The molecule has 0 aliphatic heterocycles. The van der Waals surface area contributed by atoms with Crippen LogP contribution in [-0.2, 0) is 11.3 Å². The molecule has 0 atom stereocenters. The smallest absolute Gasteiger partial charge is 0.191 e. The standard InChI is InChI=1S/C18H34N6O/c1-6-19-18(21-10-12-24(4)11-7-13-25-5)22-15-16-8-9-20-17(14-16)23(2)3/h8-9,14H,6-7,10-13,15H2,1-5H3,(H2,19,21,22). The van der Waals surface area contributed by atoms with Gasteiger partial charge >= 0.3 is 0 Å². The first-order chi connectivity index (χ1) is 12.1. The van der Waals surface area contributed by atoms with Crippen LogP contribution in [0.25, 0.3) is 0 Å². The van der Waals surface area contributed by atoms with E-state index in [1.807, 2.05) is 31.3 Å². The number of hydrogen-bond donors (Lipinski definition) is 2. The van der Waals surface area contributed by atoms with Gasteiger partial charge in [0.1, 0.15) is 5.82 Å². The van der Waals surface area contributed by atoms with E-state index in [4.69, 9.17) is 4.74 Å². The maximum atomic E-state index is 5.09. The summed E-state index contributed by atoms with van der Waals surface area (Å²) in [6.45, 7) is 7.21. The normalized spacial score (nSPS) is 11.7. The van der Waals surface area contributed by atoms with Crippen molar-refractivity contribution in [3.05, 3.63) is 23.9 Å². The molecule has 0 radical (unpaired) electrons. The van der Waals surface area contributed by atoms with Gasteiger partial charge in [0.25, 0.3) is 0 Å². The molecule has 7 nitrogen and oxygen atoms in total. The molecule has 7 heteroatoms. The first-order valence-electron chi connectivity index (χ1n) is 8.88. The predicted octanol–water partition coefficient (Wildman–Crippen LogP) is 1.17. The molecule has 0 amide bonds. The van der Waals surface area contributed by atoms with Gasteiger partial charge in [0.2, 0.25) is 0 Å². The summed E-state index contributed by atoms with van der Waals surface area (Å²) < 4.78 is 5.09. The molecule has 0 aliphatic rings. The Morgan fingerprint density at radius 2 is 2.04 bits per heavy atom. The number of rotatable bonds is 11. The number of likely N-dealkylation sites (N-methyl/N-ethyl adjacent to an activating group) is 1. The zero-order valence-corrected chi connectivity index (χ0v) is 16.4. The van der Waals surface area contributed by atoms with Crippen molar-refractivity contribution in [2.75, 3.05) is 65.9 Å². The molecule has 1 heterocycles. The van der Waals surface area contributed by atoms with Crippen LogP contribution in [0.2, 0.25) is 0 Å². The summed E-state index contributed by atoms with van der Waals surface area (Å²) in [6, 6.07) is 4.07. The third-order valence-corrected chi connectivity index (χ3v) is 3.71. The van der Waals surface area contributed by atoms with E-state index in [1.165, 1.54) is 0 Å². The van der Waals surface area contributed by atoms with Crippen molar-refractivity contribution in [1.82, 2.24) is 20.5 Å². The summed E-state index contributed by atoms with van der Waals surface area (Å²) in [5.74, 6) is 1.79. The summed E-state index contributed by atoms with van der Waals surface area (Å²) in [6.07, 6.45) is 2.88. The molecular formula is C18H34N6O. The highest BCUT2D eigenvalue weighted by Crippen LogP contribution is 2.10. The second-order valence-electron chi connectivity index (χ2n) is 6.19. The van der Waals surface area contributed by atoms with Crippen molar-refractivity contribution in [1.29, 1.82) is 0 Å². The molecule has 2 N–H and O–H groups in total. The molecule has 0 unspecified atom stereocenters. The number of nitrogens with zero attached hydrogens (tertiary/aromatic N) is 4. The van der Waals surface area contributed by atoms with E-state index >= 15 is 0 Å². The predicted molar refractivity (Wildman–Crippen MR) is 105 cm³/mol. The van der Waals surface area contributed by atoms with Gasteiger partial charge in [0.05, 0.1) is 6.54 Å². The second-order valence-corrected chi connectivity index (χ2v) is 6.19. The molecule has 0 aromatic carbocycles. The van der Waals surface area contributed by atoms with E-state index in [2.05, 4.69) is 45.5 Å². The molecule has 1 aromatic rings. The monoisotopic (exact) mass is 350 g/mol. The lowest BCUT2D eigenvalue weighted by Crippen LogP contribution is -2.41. The van der Waals surface area contributed by atoms with Gasteiger partial charge in [-0.25, -0.2) is 9.98 Å². The highest BCUT2D eigenvalue weighted by Gasteiger charge is 2.02. The number of anilines is 1. The molecular weight excluding hydrogens is 316 g/mol. The quantitative estimate of drug-likeness (QED) is 0.355. The van der Waals surface area contributed by atoms with Crippen LogP contribution in [0.5, 0.6) is 0 Å². The van der Waals surface area contributed by atoms with Crippen LogP contribution in [0.4, 0.5) is 5.82 Å². The van der Waals surface area contributed by atoms with E-state index < -0.39 is 0 Å². The molecule has 0 saturated carbocycles. The zero-order valence-electron chi connectivity index (χ0n) is 16.4. The van der Waals surface area contributed by atoms with Crippen molar-refractivity contribution >= 4 is 11.8 Å². The number of methoxy groups -OCH3 is 1. The van der Waals surface area contributed by atoms with Crippen molar-refractivity contribution in [3.8, 4) is 0 Å². The van der Waals surface area contributed by atoms with Gasteiger partial charge in [-0.2, -0.15) is 0 Å². The van der Waals surface area contributed by atoms with Crippen molar-refractivity contribution in [2.24, 2.45) is 4.99 Å². The van der Waals surface area contributed by atoms with Gasteiger partial charge in [-0.05, 0) is 38.1 Å². The van der Waals surface area contributed by atoms with Crippen LogP contribution in [-0.4, -0.2) is 76.9 Å². The maximum absolute atomic E-state index is 5.09. The fourth-order valence-electron chi connectivity index (χ4n) is 2.27. The highest BCUT2D eigenvalue weighted by atomic mass is 16.5. The fraction of sp³-hybridized carbons (Fsp3) is 0.667. The minimum Gasteiger partial charge on any atom is -0.385 e. The number of aliphatic imine (C=N–C) groups is 1. The minimum atomic E-state index is 0.627. The average molecular weight is 351 g/mol. The lowest BCUT2D eigenvalue weighted by Gasteiger charge is -2.18. The first-order valence-corrected chi connectivity index (χ1v) is 8.88. The molecule has 1 aromatic heterocycles. The van der Waals surface area contributed by atoms with Gasteiger partial charge in [-0.3, -0.25) is 0 Å². The molecule has 0 saturated heterocycles. The summed E-state index contributed by atoms with van der Waals surface area (Å²) in [5.41, 5.74) is 1.15. The second kappa shape index (κ2) is 12.5. The number of hydrogen-bond acceptors (Lipinski definition) is 5. The molecule has 25 heavy (non-hydrogen) atoms. The van der Waals surface area contributed by atoms with Gasteiger partial charge in [0, 0.05) is 60.2 Å². The van der Waals surface area contributed by atoms with E-state index in [0.29, 0.717) is 6.54 Å². The lowest BCUT2D eigenvalue weighted by molar-refractivity contribution is 0.180. The van der Waals surface area contributed by atoms with Gasteiger partial charge in [-0.15, -0.1) is 0 Å². The summed E-state index contributed by atoms with van der Waals surface area (Å²) >= 11 is 0. The third kappa shape index (κ3) is 9.26. The Bertz CT molecular complexity index is 506. The van der Waals surface area contributed by atoms with Crippen molar-refractivity contribution in [3.63, 3.8) is 0 Å². The SMILES string of the molecule is CCNC(=NCc1ccnc(N(C)C)c1)NCCN(C)CCCOC. The highest BCUT2D eigenvalue weighted by molar-refractivity contribution is 5.79. The van der Waals surface area contributed by atoms with Crippen LogP contribution in [0.3, 0.4) is 0 Å². The van der Waals surface area contributed by atoms with Crippen molar-refractivity contribution in [2.45, 2.75) is 19.9 Å². The van der Waals surface area contributed by atoms with Gasteiger partial charge in [0.15, 0.2) is 5.96 Å². The molecule has 0 bridgehead atoms. The average Bonchev–Trinajstić information content (AvgIpc) is 2.60. The first kappa shape index (κ1) is 21.2. The van der Waals surface area contributed by atoms with E-state index in [0.717, 1.165) is 56.5 Å². The largest absolute Gasteiger partial charge is 0.385 e. The molecule has 0 spiro atoms. The van der Waals surface area contributed by atoms with Crippen LogP contribution in [0.15, 0.2) is 23.3 Å². The molecule has 0 aliphatic carbocycles. The molecule has 0 fully saturated rings. The van der Waals surface area contributed by atoms with Gasteiger partial charge in [-0.1, -0.05) is 0 Å². The Labute approximate surface area is 152 Å². The fourth-order valence-corrected chi connectivity index (χ4v) is 2.27. The topological polar surface area (TPSA) is 65.0 Å². The Balaban J connectivity index is 2.47. The number of ether oxygens (including phenoxy) is 1. The molecule has 1 rings (SSSR count). The van der Waals surface area contributed by atoms with Gasteiger partial charge < -0.3 is 25.2 Å². The lowest BCUT2D eigenvalue weighted by atomic mass is 10.2. The van der Waals surface area contributed by atoms with E-state index in [1.54, 1.807) is 7.11 Å². The Morgan fingerprint density at radius 1 is 1.24 bits per heavy atom. The number of guanidine groups is 1. The van der Waals surface area contributed by atoms with Crippen LogP contribution < -0.4 is 15.5 Å². The van der Waals surface area contributed by atoms with Crippen molar-refractivity contribution < 1.29 is 4.74 Å². The van der Waals surface area contributed by atoms with Crippen LogP contribution >= 0.6 is 0 Å². The zero-order chi connectivity index (χ0) is 18.5. The van der Waals surface area contributed by atoms with Crippen LogP contribution in [0, 0.1) is 0 Å². The van der Waals surface area contributed by atoms with Crippen LogP contribution in [0.1, 0.15) is 18.9 Å². The summed E-state index contributed by atoms with van der Waals surface area (Å²) in [7, 11) is 7.85. The Kier molecular flexibility index (Phi) is 10.6. The molecule has 142 valence electrons. The van der Waals surface area contributed by atoms with E-state index in [9.17, 15) is 0 Å². The number of pyridine rings is 1. The third-order valence-electron chi connectivity index (χ3n) is 3.71. The Hall–Kier alpha value is -1.86. The number of nitrogens with one attached hydrogen (secondary N) is 2. The Morgan fingerprint density at radius 3 is 2.72 bits per heavy atom. The summed E-state index contributed by atoms with van der Waals surface area (Å²) in [5, 5.41) is 6.68. The minimum absolute atomic E-state index is 0.627. The maximum Gasteiger partial charge on any atom is 0.191 e. The summed E-state index contributed by atoms with van der Waals surface area (Å²) in [4.78, 5) is 13.3. The number of aromatic nitrogens is 1. The van der Waals surface area contributed by atoms with E-state index in [-0.39, 0.29) is 0 Å².